The van der Waals surface area contributed by atoms with Crippen molar-refractivity contribution in [2.24, 2.45) is 0 Å². The first-order chi connectivity index (χ1) is 8.56. The predicted octanol–water partition coefficient (Wildman–Crippen LogP) is -0.321. The maximum Gasteiger partial charge on any atom is 0.0914 e. The van der Waals surface area contributed by atoms with Gasteiger partial charge in [-0.3, -0.25) is 0 Å². The van der Waals surface area contributed by atoms with Crippen LogP contribution in [0.1, 0.15) is 11.7 Å². The van der Waals surface area contributed by atoms with Gasteiger partial charge in [-0.2, -0.15) is 0 Å². The normalized spacial score (nSPS) is 13.6. The second-order valence-corrected chi connectivity index (χ2v) is 4.64. The molecule has 1 aromatic carbocycles. The van der Waals surface area contributed by atoms with Crippen LogP contribution < -0.4 is 5.32 Å². The monoisotopic (exact) mass is 275 g/mol. The van der Waals surface area contributed by atoms with Crippen LogP contribution in [-0.2, 0) is 0 Å². The van der Waals surface area contributed by atoms with Crippen molar-refractivity contribution in [3.8, 4) is 0 Å². The largest absolute Gasteiger partial charge is 0.394 e. The molecular weight excluding hydrogens is 258 g/mol. The predicted molar refractivity (Wildman–Crippen MR) is 68.4 cm³/mol. The second-order valence-electron chi connectivity index (χ2n) is 4.20. The van der Waals surface area contributed by atoms with Crippen molar-refractivity contribution >= 4 is 11.6 Å². The first kappa shape index (κ1) is 15.4. The van der Waals surface area contributed by atoms with Crippen molar-refractivity contribution in [2.45, 2.75) is 11.6 Å². The fourth-order valence-electron chi connectivity index (χ4n) is 1.43. The first-order valence-corrected chi connectivity index (χ1v) is 5.96. The van der Waals surface area contributed by atoms with Crippen LogP contribution in [0, 0.1) is 0 Å². The van der Waals surface area contributed by atoms with Crippen molar-refractivity contribution < 1.29 is 20.4 Å². The molecular formula is C12H18ClNO4. The molecule has 0 radical (unpaired) electrons. The third-order valence-electron chi connectivity index (χ3n) is 2.83. The Balaban J connectivity index is 2.59. The van der Waals surface area contributed by atoms with Crippen LogP contribution in [0.15, 0.2) is 24.3 Å². The lowest BCUT2D eigenvalue weighted by molar-refractivity contribution is 0.0322. The number of hydrogen-bond donors (Lipinski definition) is 5. The molecule has 6 heteroatoms. The zero-order valence-electron chi connectivity index (χ0n) is 9.88. The zero-order chi connectivity index (χ0) is 13.6. The number of β-amino-alcohol motifs (C(OH)–C–C–N with tert-alkyl or cyclic N) is 1. The van der Waals surface area contributed by atoms with Gasteiger partial charge in [0.05, 0.1) is 31.5 Å². The Morgan fingerprint density at radius 1 is 1.06 bits per heavy atom. The molecule has 0 fully saturated rings. The molecule has 0 aliphatic carbocycles. The maximum atomic E-state index is 9.91. The van der Waals surface area contributed by atoms with Gasteiger partial charge in [0, 0.05) is 11.6 Å². The minimum absolute atomic E-state index is 0.101. The summed E-state index contributed by atoms with van der Waals surface area (Å²) in [7, 11) is 0. The standard InChI is InChI=1S/C12H18ClNO4/c13-10-3-1-9(2-4-10)11(18)5-14-12(6-15,7-16)8-17/h1-4,11,14-18H,5-8H2. The highest BCUT2D eigenvalue weighted by Crippen LogP contribution is 2.16. The van der Waals surface area contributed by atoms with Crippen LogP contribution in [0.5, 0.6) is 0 Å². The number of aliphatic hydroxyl groups is 4. The van der Waals surface area contributed by atoms with E-state index in [4.69, 9.17) is 26.9 Å². The van der Waals surface area contributed by atoms with Gasteiger partial charge in [0.1, 0.15) is 0 Å². The van der Waals surface area contributed by atoms with E-state index in [2.05, 4.69) is 5.32 Å². The van der Waals surface area contributed by atoms with Gasteiger partial charge in [-0.1, -0.05) is 23.7 Å². The average molecular weight is 276 g/mol. The van der Waals surface area contributed by atoms with E-state index >= 15 is 0 Å². The highest BCUT2D eigenvalue weighted by molar-refractivity contribution is 6.30. The van der Waals surface area contributed by atoms with E-state index in [0.29, 0.717) is 10.6 Å². The van der Waals surface area contributed by atoms with Gasteiger partial charge in [0.2, 0.25) is 0 Å². The molecule has 0 bridgehead atoms. The van der Waals surface area contributed by atoms with Crippen LogP contribution in [0.4, 0.5) is 0 Å². The molecule has 1 aromatic rings. The topological polar surface area (TPSA) is 93.0 Å². The Hall–Kier alpha value is -0.690. The molecule has 102 valence electrons. The number of rotatable bonds is 7. The summed E-state index contributed by atoms with van der Waals surface area (Å²) in [5, 5.41) is 40.6. The van der Waals surface area contributed by atoms with Gasteiger partial charge in [-0.15, -0.1) is 0 Å². The summed E-state index contributed by atoms with van der Waals surface area (Å²) in [6.07, 6.45) is -0.814. The highest BCUT2D eigenvalue weighted by Gasteiger charge is 2.28. The average Bonchev–Trinajstić information content (AvgIpc) is 2.41. The third-order valence-corrected chi connectivity index (χ3v) is 3.09. The van der Waals surface area contributed by atoms with Gasteiger partial charge in [0.25, 0.3) is 0 Å². The lowest BCUT2D eigenvalue weighted by Gasteiger charge is -2.30. The molecule has 1 unspecified atom stereocenters. The van der Waals surface area contributed by atoms with E-state index in [1.54, 1.807) is 24.3 Å². The zero-order valence-corrected chi connectivity index (χ0v) is 10.6. The van der Waals surface area contributed by atoms with E-state index in [1.807, 2.05) is 0 Å². The summed E-state index contributed by atoms with van der Waals surface area (Å²) >= 11 is 5.74. The Kier molecular flexibility index (Phi) is 6.01. The van der Waals surface area contributed by atoms with Crippen LogP contribution in [-0.4, -0.2) is 52.3 Å². The van der Waals surface area contributed by atoms with Crippen molar-refractivity contribution in [3.63, 3.8) is 0 Å². The Bertz CT molecular complexity index is 345. The van der Waals surface area contributed by atoms with Gasteiger partial charge >= 0.3 is 0 Å². The molecule has 18 heavy (non-hydrogen) atoms. The fourth-order valence-corrected chi connectivity index (χ4v) is 1.56. The summed E-state index contributed by atoms with van der Waals surface area (Å²) < 4.78 is 0. The van der Waals surface area contributed by atoms with Crippen LogP contribution in [0.2, 0.25) is 5.02 Å². The minimum Gasteiger partial charge on any atom is -0.394 e. The molecule has 1 rings (SSSR count). The molecule has 0 aliphatic heterocycles. The number of aliphatic hydroxyl groups excluding tert-OH is 4. The molecule has 0 saturated carbocycles. The lowest BCUT2D eigenvalue weighted by atomic mass is 10.0. The molecule has 0 spiro atoms. The molecule has 0 saturated heterocycles. The van der Waals surface area contributed by atoms with Crippen molar-refractivity contribution in [1.82, 2.24) is 5.32 Å². The summed E-state index contributed by atoms with van der Waals surface area (Å²) in [6, 6.07) is 6.70. The SMILES string of the molecule is OCC(CO)(CO)NCC(O)c1ccc(Cl)cc1. The Morgan fingerprint density at radius 3 is 2.00 bits per heavy atom. The number of benzene rings is 1. The fraction of sp³-hybridized carbons (Fsp3) is 0.500. The minimum atomic E-state index is -1.19. The Labute approximate surface area is 111 Å². The van der Waals surface area contributed by atoms with E-state index < -0.39 is 31.5 Å². The molecule has 5 nitrogen and oxygen atoms in total. The molecule has 0 heterocycles. The molecule has 0 aliphatic rings. The Morgan fingerprint density at radius 2 is 1.56 bits per heavy atom. The van der Waals surface area contributed by atoms with E-state index in [0.717, 1.165) is 0 Å². The molecule has 0 amide bonds. The smallest absolute Gasteiger partial charge is 0.0914 e. The molecule has 5 N–H and O–H groups in total. The van der Waals surface area contributed by atoms with Gasteiger partial charge < -0.3 is 25.7 Å². The van der Waals surface area contributed by atoms with E-state index in [9.17, 15) is 5.11 Å². The highest BCUT2D eigenvalue weighted by atomic mass is 35.5. The van der Waals surface area contributed by atoms with E-state index in [-0.39, 0.29) is 6.54 Å². The van der Waals surface area contributed by atoms with Gasteiger partial charge in [-0.25, -0.2) is 0 Å². The first-order valence-electron chi connectivity index (χ1n) is 5.58. The lowest BCUT2D eigenvalue weighted by Crippen LogP contribution is -2.55. The third kappa shape index (κ3) is 3.91. The van der Waals surface area contributed by atoms with Crippen LogP contribution in [0.3, 0.4) is 0 Å². The summed E-state index contributed by atoms with van der Waals surface area (Å²) in [5.41, 5.74) is -0.525. The summed E-state index contributed by atoms with van der Waals surface area (Å²) in [5.74, 6) is 0. The quantitative estimate of drug-likeness (QED) is 0.470. The van der Waals surface area contributed by atoms with Crippen LogP contribution >= 0.6 is 11.6 Å². The number of halogens is 1. The van der Waals surface area contributed by atoms with Gasteiger partial charge in [-0.05, 0) is 17.7 Å². The number of nitrogens with one attached hydrogen (secondary N) is 1. The summed E-state index contributed by atoms with van der Waals surface area (Å²) in [6.45, 7) is -1.17. The van der Waals surface area contributed by atoms with Gasteiger partial charge in [0.15, 0.2) is 0 Å². The number of hydrogen-bond acceptors (Lipinski definition) is 5. The van der Waals surface area contributed by atoms with E-state index in [1.165, 1.54) is 0 Å². The second kappa shape index (κ2) is 7.04. The van der Waals surface area contributed by atoms with Crippen molar-refractivity contribution in [2.75, 3.05) is 26.4 Å². The van der Waals surface area contributed by atoms with Crippen molar-refractivity contribution in [1.29, 1.82) is 0 Å². The summed E-state index contributed by atoms with van der Waals surface area (Å²) in [4.78, 5) is 0. The van der Waals surface area contributed by atoms with Crippen molar-refractivity contribution in [3.05, 3.63) is 34.9 Å². The maximum absolute atomic E-state index is 9.91. The molecule has 0 aromatic heterocycles. The molecule has 1 atom stereocenters. The van der Waals surface area contributed by atoms with Crippen LogP contribution in [0.25, 0.3) is 0 Å².